The van der Waals surface area contributed by atoms with Gasteiger partial charge in [-0.2, -0.15) is 0 Å². The summed E-state index contributed by atoms with van der Waals surface area (Å²) in [5, 5.41) is 12.2. The largest absolute Gasteiger partial charge is 0.395 e. The van der Waals surface area contributed by atoms with Crippen molar-refractivity contribution < 1.29 is 9.90 Å². The number of aliphatic hydroxyl groups is 1. The Labute approximate surface area is 136 Å². The summed E-state index contributed by atoms with van der Waals surface area (Å²) in [5.41, 5.74) is 0.579. The van der Waals surface area contributed by atoms with Crippen molar-refractivity contribution in [3.63, 3.8) is 0 Å². The average molecular weight is 340 g/mol. The highest BCUT2D eigenvalue weighted by Crippen LogP contribution is 2.25. The molecule has 2 aromatic rings. The van der Waals surface area contributed by atoms with Crippen molar-refractivity contribution in [1.82, 2.24) is 0 Å². The Morgan fingerprint density at radius 1 is 1.24 bits per heavy atom. The van der Waals surface area contributed by atoms with E-state index in [0.29, 0.717) is 27.0 Å². The molecular weight excluding hydrogens is 329 g/mol. The number of anilines is 1. The minimum atomic E-state index is -0.228. The SMILES string of the molecule is O=C(Nc1ccc(Cl)c(Cl)c1)c1ccc(C#CCCO)s1. The normalized spacial score (nSPS) is 9.86. The van der Waals surface area contributed by atoms with Crippen LogP contribution in [0.15, 0.2) is 30.3 Å². The number of aliphatic hydroxyl groups excluding tert-OH is 1. The number of hydrogen-bond donors (Lipinski definition) is 2. The van der Waals surface area contributed by atoms with E-state index in [0.717, 1.165) is 4.88 Å². The first-order valence-electron chi connectivity index (χ1n) is 6.06. The lowest BCUT2D eigenvalue weighted by Crippen LogP contribution is -2.09. The molecule has 6 heteroatoms. The Hall–Kier alpha value is -1.51. The first-order valence-corrected chi connectivity index (χ1v) is 7.63. The van der Waals surface area contributed by atoms with Gasteiger partial charge in [0.15, 0.2) is 0 Å². The number of nitrogens with one attached hydrogen (secondary N) is 1. The molecule has 3 nitrogen and oxygen atoms in total. The van der Waals surface area contributed by atoms with Gasteiger partial charge in [-0.1, -0.05) is 35.0 Å². The van der Waals surface area contributed by atoms with Crippen LogP contribution in [0, 0.1) is 11.8 Å². The van der Waals surface area contributed by atoms with Gasteiger partial charge >= 0.3 is 0 Å². The molecule has 1 aromatic heterocycles. The Morgan fingerprint density at radius 2 is 2.05 bits per heavy atom. The number of thiophene rings is 1. The summed E-state index contributed by atoms with van der Waals surface area (Å²) >= 11 is 13.0. The predicted octanol–water partition coefficient (Wildman–Crippen LogP) is 4.04. The van der Waals surface area contributed by atoms with E-state index in [1.807, 2.05) is 0 Å². The van der Waals surface area contributed by atoms with Crippen LogP contribution >= 0.6 is 34.5 Å². The van der Waals surface area contributed by atoms with E-state index in [4.69, 9.17) is 28.3 Å². The molecule has 108 valence electrons. The van der Waals surface area contributed by atoms with E-state index < -0.39 is 0 Å². The van der Waals surface area contributed by atoms with Gasteiger partial charge in [-0.25, -0.2) is 0 Å². The number of rotatable bonds is 3. The number of amides is 1. The van der Waals surface area contributed by atoms with E-state index in [2.05, 4.69) is 17.2 Å². The van der Waals surface area contributed by atoms with Crippen molar-refractivity contribution >= 4 is 46.1 Å². The molecule has 0 spiro atoms. The molecule has 2 N–H and O–H groups in total. The summed E-state index contributed by atoms with van der Waals surface area (Å²) < 4.78 is 0. The maximum atomic E-state index is 12.1. The van der Waals surface area contributed by atoms with Crippen LogP contribution in [0.5, 0.6) is 0 Å². The molecule has 0 unspecified atom stereocenters. The van der Waals surface area contributed by atoms with Gasteiger partial charge in [-0.15, -0.1) is 11.3 Å². The molecule has 0 radical (unpaired) electrons. The quantitative estimate of drug-likeness (QED) is 0.829. The van der Waals surface area contributed by atoms with Crippen molar-refractivity contribution in [2.75, 3.05) is 11.9 Å². The van der Waals surface area contributed by atoms with Gasteiger partial charge in [-0.05, 0) is 30.3 Å². The third kappa shape index (κ3) is 4.48. The lowest BCUT2D eigenvalue weighted by molar-refractivity contribution is 0.103. The zero-order valence-electron chi connectivity index (χ0n) is 10.8. The molecular formula is C15H11Cl2NO2S. The van der Waals surface area contributed by atoms with E-state index >= 15 is 0 Å². The van der Waals surface area contributed by atoms with E-state index in [-0.39, 0.29) is 12.5 Å². The van der Waals surface area contributed by atoms with Crippen LogP contribution in [-0.4, -0.2) is 17.6 Å². The van der Waals surface area contributed by atoms with Crippen molar-refractivity contribution in [1.29, 1.82) is 0 Å². The number of halogens is 2. The lowest BCUT2D eigenvalue weighted by Gasteiger charge is -2.04. The van der Waals surface area contributed by atoms with Crippen LogP contribution in [0.4, 0.5) is 5.69 Å². The lowest BCUT2D eigenvalue weighted by atomic mass is 10.3. The molecule has 0 aliphatic rings. The zero-order chi connectivity index (χ0) is 15.2. The molecule has 0 saturated heterocycles. The smallest absolute Gasteiger partial charge is 0.265 e. The first kappa shape index (κ1) is 15.9. The molecule has 2 rings (SSSR count). The maximum Gasteiger partial charge on any atom is 0.265 e. The van der Waals surface area contributed by atoms with E-state index in [1.165, 1.54) is 11.3 Å². The molecule has 21 heavy (non-hydrogen) atoms. The summed E-state index contributed by atoms with van der Waals surface area (Å²) in [4.78, 5) is 13.4. The third-order valence-electron chi connectivity index (χ3n) is 2.46. The maximum absolute atomic E-state index is 12.1. The fraction of sp³-hybridized carbons (Fsp3) is 0.133. The molecule has 0 aliphatic heterocycles. The summed E-state index contributed by atoms with van der Waals surface area (Å²) in [6.07, 6.45) is 0.419. The van der Waals surface area contributed by atoms with Gasteiger partial charge in [0.2, 0.25) is 0 Å². The topological polar surface area (TPSA) is 49.3 Å². The second kappa shape index (κ2) is 7.48. The number of benzene rings is 1. The first-order chi connectivity index (χ1) is 10.1. The number of hydrogen-bond acceptors (Lipinski definition) is 3. The summed E-state index contributed by atoms with van der Waals surface area (Å²) in [6.45, 7) is 0.0308. The van der Waals surface area contributed by atoms with Crippen LogP contribution in [0.1, 0.15) is 21.0 Å². The van der Waals surface area contributed by atoms with Gasteiger partial charge in [0.05, 0.1) is 26.4 Å². The fourth-order valence-corrected chi connectivity index (χ4v) is 2.57. The van der Waals surface area contributed by atoms with Crippen molar-refractivity contribution in [2.45, 2.75) is 6.42 Å². The Kier molecular flexibility index (Phi) is 5.66. The zero-order valence-corrected chi connectivity index (χ0v) is 13.1. The van der Waals surface area contributed by atoms with Crippen molar-refractivity contribution in [3.8, 4) is 11.8 Å². The summed E-state index contributed by atoms with van der Waals surface area (Å²) in [5.74, 6) is 5.48. The van der Waals surface area contributed by atoms with E-state index in [9.17, 15) is 4.79 Å². The van der Waals surface area contributed by atoms with Gasteiger partial charge in [0.25, 0.3) is 5.91 Å². The Bertz CT molecular complexity index is 716. The second-order valence-electron chi connectivity index (χ2n) is 4.02. The molecule has 1 aromatic carbocycles. The summed E-state index contributed by atoms with van der Waals surface area (Å²) in [7, 11) is 0. The Balaban J connectivity index is 2.07. The highest BCUT2D eigenvalue weighted by atomic mass is 35.5. The van der Waals surface area contributed by atoms with E-state index in [1.54, 1.807) is 30.3 Å². The highest BCUT2D eigenvalue weighted by molar-refractivity contribution is 7.14. The van der Waals surface area contributed by atoms with Crippen LogP contribution in [0.2, 0.25) is 10.0 Å². The van der Waals surface area contributed by atoms with Crippen LogP contribution in [-0.2, 0) is 0 Å². The van der Waals surface area contributed by atoms with Crippen LogP contribution in [0.3, 0.4) is 0 Å². The minimum Gasteiger partial charge on any atom is -0.395 e. The van der Waals surface area contributed by atoms with Crippen LogP contribution in [0.25, 0.3) is 0 Å². The van der Waals surface area contributed by atoms with Crippen molar-refractivity contribution in [2.24, 2.45) is 0 Å². The Morgan fingerprint density at radius 3 is 2.76 bits per heavy atom. The minimum absolute atomic E-state index is 0.0308. The molecule has 0 fully saturated rings. The number of carbonyl (C=O) groups excluding carboxylic acids is 1. The molecule has 1 heterocycles. The van der Waals surface area contributed by atoms with Gasteiger partial charge in [-0.3, -0.25) is 4.79 Å². The third-order valence-corrected chi connectivity index (χ3v) is 4.19. The van der Waals surface area contributed by atoms with Crippen LogP contribution < -0.4 is 5.32 Å². The highest BCUT2D eigenvalue weighted by Gasteiger charge is 2.09. The number of carbonyl (C=O) groups is 1. The van der Waals surface area contributed by atoms with Gasteiger partial charge < -0.3 is 10.4 Å². The molecule has 0 atom stereocenters. The molecule has 0 aliphatic carbocycles. The van der Waals surface area contributed by atoms with Gasteiger partial charge in [0.1, 0.15) is 0 Å². The molecule has 0 bridgehead atoms. The predicted molar refractivity (Wildman–Crippen MR) is 87.3 cm³/mol. The van der Waals surface area contributed by atoms with Gasteiger partial charge in [0, 0.05) is 12.1 Å². The average Bonchev–Trinajstić information content (AvgIpc) is 2.92. The molecule has 1 amide bonds. The standard InChI is InChI=1S/C15H11Cl2NO2S/c16-12-6-4-10(9-13(12)17)18-15(20)14-7-5-11(21-14)3-1-2-8-19/h4-7,9,19H,2,8H2,(H,18,20). The second-order valence-corrected chi connectivity index (χ2v) is 5.92. The van der Waals surface area contributed by atoms with Crippen molar-refractivity contribution in [3.05, 3.63) is 50.1 Å². The summed E-state index contributed by atoms with van der Waals surface area (Å²) in [6, 6.07) is 8.39. The monoisotopic (exact) mass is 339 g/mol. The molecule has 0 saturated carbocycles. The fourth-order valence-electron chi connectivity index (χ4n) is 1.50.